The molecule has 0 unspecified atom stereocenters. The molecule has 124 valence electrons. The minimum atomic E-state index is 0.473. The molecule has 0 bridgehead atoms. The molecule has 0 radical (unpaired) electrons. The van der Waals surface area contributed by atoms with Gasteiger partial charge in [0.25, 0.3) is 0 Å². The summed E-state index contributed by atoms with van der Waals surface area (Å²) in [7, 11) is 0. The molecule has 4 aromatic rings. The van der Waals surface area contributed by atoms with Crippen LogP contribution in [0.5, 0.6) is 0 Å². The first kappa shape index (κ1) is 15.5. The summed E-state index contributed by atoms with van der Waals surface area (Å²) in [4.78, 5) is 17.3. The van der Waals surface area contributed by atoms with Gasteiger partial charge in [-0.3, -0.25) is 9.55 Å². The summed E-state index contributed by atoms with van der Waals surface area (Å²) in [5, 5.41) is 3.70. The van der Waals surface area contributed by atoms with E-state index in [9.17, 15) is 0 Å². The normalized spacial score (nSPS) is 10.9. The minimum absolute atomic E-state index is 0.473. The molecule has 3 aromatic heterocycles. The first-order chi connectivity index (χ1) is 12.3. The first-order valence-corrected chi connectivity index (χ1v) is 8.27. The second-order valence-corrected chi connectivity index (χ2v) is 5.91. The number of hydrogen-bond acceptors (Lipinski definition) is 5. The first-order valence-electron chi connectivity index (χ1n) is 7.89. The Morgan fingerprint density at radius 1 is 1.04 bits per heavy atom. The standard InChI is InChI=1S/C18H15ClN6/c19-14-11-22-18(21-9-7-13-4-3-8-20-10-13)24-17(14)25-12-23-15-5-1-2-6-16(15)25/h1-6,8,10-12H,7,9H2,(H,21,22,24). The van der Waals surface area contributed by atoms with Gasteiger partial charge in [0.05, 0.1) is 17.2 Å². The van der Waals surface area contributed by atoms with E-state index in [-0.39, 0.29) is 0 Å². The lowest BCUT2D eigenvalue weighted by Crippen LogP contribution is -2.10. The molecule has 0 atom stereocenters. The molecular weight excluding hydrogens is 336 g/mol. The van der Waals surface area contributed by atoms with Crippen LogP contribution in [-0.2, 0) is 6.42 Å². The molecule has 0 aliphatic rings. The van der Waals surface area contributed by atoms with Crippen LogP contribution in [0.25, 0.3) is 16.9 Å². The van der Waals surface area contributed by atoms with Gasteiger partial charge < -0.3 is 5.32 Å². The largest absolute Gasteiger partial charge is 0.354 e. The van der Waals surface area contributed by atoms with Crippen molar-refractivity contribution in [2.75, 3.05) is 11.9 Å². The Hall–Kier alpha value is -2.99. The van der Waals surface area contributed by atoms with Crippen LogP contribution < -0.4 is 5.32 Å². The van der Waals surface area contributed by atoms with E-state index in [4.69, 9.17) is 11.6 Å². The third kappa shape index (κ3) is 3.29. The topological polar surface area (TPSA) is 68.5 Å². The van der Waals surface area contributed by atoms with Crippen LogP contribution in [0, 0.1) is 0 Å². The summed E-state index contributed by atoms with van der Waals surface area (Å²) >= 11 is 6.31. The lowest BCUT2D eigenvalue weighted by atomic mass is 10.2. The number of anilines is 1. The number of fused-ring (bicyclic) bond motifs is 1. The Kier molecular flexibility index (Phi) is 4.26. The number of benzene rings is 1. The molecule has 0 aliphatic heterocycles. The van der Waals surface area contributed by atoms with E-state index < -0.39 is 0 Å². The smallest absolute Gasteiger partial charge is 0.224 e. The quantitative estimate of drug-likeness (QED) is 0.596. The maximum atomic E-state index is 6.31. The lowest BCUT2D eigenvalue weighted by molar-refractivity contribution is 0.949. The second kappa shape index (κ2) is 6.86. The molecule has 1 N–H and O–H groups in total. The molecule has 25 heavy (non-hydrogen) atoms. The van der Waals surface area contributed by atoms with Gasteiger partial charge in [0.2, 0.25) is 5.95 Å². The lowest BCUT2D eigenvalue weighted by Gasteiger charge is -2.09. The van der Waals surface area contributed by atoms with Crippen molar-refractivity contribution in [2.24, 2.45) is 0 Å². The number of imidazole rings is 1. The highest BCUT2D eigenvalue weighted by atomic mass is 35.5. The summed E-state index contributed by atoms with van der Waals surface area (Å²) in [6.07, 6.45) is 7.78. The Bertz CT molecular complexity index is 999. The average molecular weight is 351 g/mol. The fourth-order valence-corrected chi connectivity index (χ4v) is 2.79. The Morgan fingerprint density at radius 2 is 1.96 bits per heavy atom. The van der Waals surface area contributed by atoms with Gasteiger partial charge in [0, 0.05) is 18.9 Å². The van der Waals surface area contributed by atoms with Crippen molar-refractivity contribution in [2.45, 2.75) is 6.42 Å². The number of rotatable bonds is 5. The van der Waals surface area contributed by atoms with E-state index in [0.717, 1.165) is 23.0 Å². The zero-order valence-electron chi connectivity index (χ0n) is 13.3. The molecule has 7 heteroatoms. The maximum Gasteiger partial charge on any atom is 0.224 e. The molecule has 0 saturated heterocycles. The van der Waals surface area contributed by atoms with Crippen LogP contribution in [0.3, 0.4) is 0 Å². The van der Waals surface area contributed by atoms with Crippen molar-refractivity contribution < 1.29 is 0 Å². The van der Waals surface area contributed by atoms with Gasteiger partial charge in [-0.2, -0.15) is 4.98 Å². The second-order valence-electron chi connectivity index (χ2n) is 5.51. The van der Waals surface area contributed by atoms with Crippen molar-refractivity contribution in [1.82, 2.24) is 24.5 Å². The van der Waals surface area contributed by atoms with Gasteiger partial charge >= 0.3 is 0 Å². The highest BCUT2D eigenvalue weighted by Crippen LogP contribution is 2.23. The zero-order valence-corrected chi connectivity index (χ0v) is 14.1. The van der Waals surface area contributed by atoms with Gasteiger partial charge in [-0.1, -0.05) is 29.8 Å². The SMILES string of the molecule is Clc1cnc(NCCc2cccnc2)nc1-n1cnc2ccccc21. The van der Waals surface area contributed by atoms with E-state index in [1.54, 1.807) is 18.7 Å². The van der Waals surface area contributed by atoms with Crippen LogP contribution in [0.15, 0.2) is 61.3 Å². The summed E-state index contributed by atoms with van der Waals surface area (Å²) in [6.45, 7) is 0.706. The Balaban J connectivity index is 1.56. The van der Waals surface area contributed by atoms with Crippen LogP contribution in [0.1, 0.15) is 5.56 Å². The van der Waals surface area contributed by atoms with Crippen LogP contribution in [0.2, 0.25) is 5.02 Å². The molecule has 0 fully saturated rings. The predicted molar refractivity (Wildman–Crippen MR) is 98.1 cm³/mol. The van der Waals surface area contributed by atoms with Crippen molar-refractivity contribution in [1.29, 1.82) is 0 Å². The number of halogens is 1. The molecule has 0 aliphatic carbocycles. The number of para-hydroxylation sites is 2. The fraction of sp³-hybridized carbons (Fsp3) is 0.111. The average Bonchev–Trinajstić information content (AvgIpc) is 3.08. The van der Waals surface area contributed by atoms with Crippen molar-refractivity contribution in [3.8, 4) is 5.82 Å². The van der Waals surface area contributed by atoms with Gasteiger partial charge in [-0.05, 0) is 30.2 Å². The molecule has 4 rings (SSSR count). The molecular formula is C18H15ClN6. The van der Waals surface area contributed by atoms with Crippen molar-refractivity contribution >= 4 is 28.6 Å². The predicted octanol–water partition coefficient (Wildman–Crippen LogP) is 3.52. The summed E-state index contributed by atoms with van der Waals surface area (Å²) in [5.74, 6) is 1.13. The minimum Gasteiger partial charge on any atom is -0.354 e. The highest BCUT2D eigenvalue weighted by Gasteiger charge is 2.11. The van der Waals surface area contributed by atoms with E-state index in [1.165, 1.54) is 0 Å². The van der Waals surface area contributed by atoms with E-state index in [0.29, 0.717) is 23.3 Å². The number of aromatic nitrogens is 5. The number of hydrogen-bond donors (Lipinski definition) is 1. The number of pyridine rings is 1. The molecule has 6 nitrogen and oxygen atoms in total. The van der Waals surface area contributed by atoms with Gasteiger partial charge in [0.15, 0.2) is 5.82 Å². The molecule has 0 spiro atoms. The van der Waals surface area contributed by atoms with E-state index >= 15 is 0 Å². The third-order valence-electron chi connectivity index (χ3n) is 3.83. The Labute approximate surface area is 149 Å². The number of nitrogens with zero attached hydrogens (tertiary/aromatic N) is 5. The Morgan fingerprint density at radius 3 is 2.84 bits per heavy atom. The van der Waals surface area contributed by atoms with E-state index in [2.05, 4.69) is 25.3 Å². The molecule has 0 amide bonds. The third-order valence-corrected chi connectivity index (χ3v) is 4.09. The van der Waals surface area contributed by atoms with Crippen LogP contribution in [-0.4, -0.2) is 31.0 Å². The fourth-order valence-electron chi connectivity index (χ4n) is 2.60. The van der Waals surface area contributed by atoms with Crippen LogP contribution in [0.4, 0.5) is 5.95 Å². The molecule has 3 heterocycles. The van der Waals surface area contributed by atoms with Crippen molar-refractivity contribution in [3.63, 3.8) is 0 Å². The highest BCUT2D eigenvalue weighted by molar-refractivity contribution is 6.32. The molecule has 0 saturated carbocycles. The van der Waals surface area contributed by atoms with Gasteiger partial charge in [-0.15, -0.1) is 0 Å². The molecule has 1 aromatic carbocycles. The van der Waals surface area contributed by atoms with Crippen molar-refractivity contribution in [3.05, 3.63) is 71.9 Å². The van der Waals surface area contributed by atoms with Gasteiger partial charge in [-0.25, -0.2) is 9.97 Å². The maximum absolute atomic E-state index is 6.31. The number of nitrogens with one attached hydrogen (secondary N) is 1. The van der Waals surface area contributed by atoms with E-state index in [1.807, 2.05) is 47.2 Å². The van der Waals surface area contributed by atoms with Gasteiger partial charge in [0.1, 0.15) is 11.3 Å². The summed E-state index contributed by atoms with van der Waals surface area (Å²) in [5.41, 5.74) is 3.00. The monoisotopic (exact) mass is 350 g/mol. The zero-order chi connectivity index (χ0) is 17.1. The summed E-state index contributed by atoms with van der Waals surface area (Å²) < 4.78 is 1.87. The van der Waals surface area contributed by atoms with Crippen LogP contribution >= 0.6 is 11.6 Å². The summed E-state index contributed by atoms with van der Waals surface area (Å²) in [6, 6.07) is 11.8.